The van der Waals surface area contributed by atoms with Crippen molar-refractivity contribution in [3.05, 3.63) is 64.7 Å². The summed E-state index contributed by atoms with van der Waals surface area (Å²) in [6.07, 6.45) is 0.322. The van der Waals surface area contributed by atoms with E-state index in [1.54, 1.807) is 6.07 Å². The van der Waals surface area contributed by atoms with Gasteiger partial charge in [0.1, 0.15) is 0 Å². The van der Waals surface area contributed by atoms with Crippen LogP contribution in [0.2, 0.25) is 5.02 Å². The van der Waals surface area contributed by atoms with E-state index < -0.39 is 0 Å². The summed E-state index contributed by atoms with van der Waals surface area (Å²) in [5.74, 6) is 0.0717. The minimum atomic E-state index is 0.0717. The molecule has 2 rings (SSSR count). The Kier molecular flexibility index (Phi) is 5.23. The highest BCUT2D eigenvalue weighted by atomic mass is 35.5. The van der Waals surface area contributed by atoms with Gasteiger partial charge in [0.25, 0.3) is 0 Å². The zero-order valence-corrected chi connectivity index (χ0v) is 12.8. The minimum absolute atomic E-state index is 0.0717. The SMILES string of the molecule is CCN(Cc1ccc(N)cc1)C(=O)Cc1ccccc1Cl. The highest BCUT2D eigenvalue weighted by Gasteiger charge is 2.14. The molecule has 0 heterocycles. The quantitative estimate of drug-likeness (QED) is 0.859. The molecule has 0 bridgehead atoms. The number of amides is 1. The van der Waals surface area contributed by atoms with Crippen LogP contribution in [0.3, 0.4) is 0 Å². The van der Waals surface area contributed by atoms with E-state index >= 15 is 0 Å². The maximum Gasteiger partial charge on any atom is 0.227 e. The predicted octanol–water partition coefficient (Wildman–Crippen LogP) is 3.51. The van der Waals surface area contributed by atoms with Crippen molar-refractivity contribution in [2.75, 3.05) is 12.3 Å². The lowest BCUT2D eigenvalue weighted by Gasteiger charge is -2.21. The molecule has 0 aliphatic carbocycles. The lowest BCUT2D eigenvalue weighted by molar-refractivity contribution is -0.130. The molecule has 2 aromatic carbocycles. The van der Waals surface area contributed by atoms with Crippen LogP contribution >= 0.6 is 11.6 Å². The third-order valence-corrected chi connectivity index (χ3v) is 3.76. The van der Waals surface area contributed by atoms with E-state index in [-0.39, 0.29) is 5.91 Å². The molecule has 0 fully saturated rings. The standard InChI is InChI=1S/C17H19ClN2O/c1-2-20(12-13-7-9-15(19)10-8-13)17(21)11-14-5-3-4-6-16(14)18/h3-10H,2,11-12,19H2,1H3. The molecule has 3 nitrogen and oxygen atoms in total. The second-order valence-corrected chi connectivity index (χ2v) is 5.32. The molecule has 1 amide bonds. The molecule has 0 aliphatic heterocycles. The van der Waals surface area contributed by atoms with Crippen LogP contribution in [0.25, 0.3) is 0 Å². The van der Waals surface area contributed by atoms with Gasteiger partial charge in [-0.1, -0.05) is 41.9 Å². The fraction of sp³-hybridized carbons (Fsp3) is 0.235. The van der Waals surface area contributed by atoms with Crippen molar-refractivity contribution in [3.63, 3.8) is 0 Å². The van der Waals surface area contributed by atoms with Gasteiger partial charge in [0.15, 0.2) is 0 Å². The molecule has 0 unspecified atom stereocenters. The van der Waals surface area contributed by atoms with Crippen molar-refractivity contribution in [2.24, 2.45) is 0 Å². The summed E-state index contributed by atoms with van der Waals surface area (Å²) in [5.41, 5.74) is 8.33. The average molecular weight is 303 g/mol. The van der Waals surface area contributed by atoms with E-state index in [1.807, 2.05) is 54.3 Å². The van der Waals surface area contributed by atoms with Gasteiger partial charge in [0.05, 0.1) is 6.42 Å². The monoisotopic (exact) mass is 302 g/mol. The van der Waals surface area contributed by atoms with Crippen LogP contribution in [0, 0.1) is 0 Å². The number of nitrogen functional groups attached to an aromatic ring is 1. The number of nitrogens with zero attached hydrogens (tertiary/aromatic N) is 1. The Morgan fingerprint density at radius 2 is 1.81 bits per heavy atom. The Hall–Kier alpha value is -2.00. The number of likely N-dealkylation sites (N-methyl/N-ethyl adjacent to an activating group) is 1. The number of rotatable bonds is 5. The van der Waals surface area contributed by atoms with Crippen molar-refractivity contribution >= 4 is 23.2 Å². The molecule has 0 aliphatic rings. The first-order chi connectivity index (χ1) is 10.1. The van der Waals surface area contributed by atoms with Gasteiger partial charge in [-0.15, -0.1) is 0 Å². The first-order valence-electron chi connectivity index (χ1n) is 6.95. The predicted molar refractivity (Wildman–Crippen MR) is 87.1 cm³/mol. The summed E-state index contributed by atoms with van der Waals surface area (Å²) < 4.78 is 0. The Bertz CT molecular complexity index is 610. The van der Waals surface area contributed by atoms with Crippen LogP contribution in [0.1, 0.15) is 18.1 Å². The largest absolute Gasteiger partial charge is 0.399 e. The molecule has 0 saturated heterocycles. The normalized spacial score (nSPS) is 10.4. The van der Waals surface area contributed by atoms with Gasteiger partial charge in [-0.25, -0.2) is 0 Å². The molecule has 0 spiro atoms. The van der Waals surface area contributed by atoms with Gasteiger partial charge >= 0.3 is 0 Å². The van der Waals surface area contributed by atoms with Crippen LogP contribution < -0.4 is 5.73 Å². The third-order valence-electron chi connectivity index (χ3n) is 3.39. The van der Waals surface area contributed by atoms with Crippen LogP contribution in [-0.4, -0.2) is 17.4 Å². The Morgan fingerprint density at radius 1 is 1.14 bits per heavy atom. The smallest absolute Gasteiger partial charge is 0.227 e. The fourth-order valence-corrected chi connectivity index (χ4v) is 2.34. The highest BCUT2D eigenvalue weighted by molar-refractivity contribution is 6.31. The van der Waals surface area contributed by atoms with Crippen LogP contribution in [0.4, 0.5) is 5.69 Å². The second-order valence-electron chi connectivity index (χ2n) is 4.92. The zero-order valence-electron chi connectivity index (χ0n) is 12.1. The molecule has 21 heavy (non-hydrogen) atoms. The number of carbonyl (C=O) groups is 1. The van der Waals surface area contributed by atoms with E-state index in [0.29, 0.717) is 24.5 Å². The van der Waals surface area contributed by atoms with Crippen molar-refractivity contribution in [2.45, 2.75) is 19.9 Å². The van der Waals surface area contributed by atoms with Crippen LogP contribution in [-0.2, 0) is 17.8 Å². The van der Waals surface area contributed by atoms with E-state index in [1.165, 1.54) is 0 Å². The van der Waals surface area contributed by atoms with Crippen molar-refractivity contribution in [1.29, 1.82) is 0 Å². The Labute approximate surface area is 130 Å². The molecule has 0 radical (unpaired) electrons. The molecular weight excluding hydrogens is 284 g/mol. The van der Waals surface area contributed by atoms with E-state index in [2.05, 4.69) is 0 Å². The van der Waals surface area contributed by atoms with E-state index in [4.69, 9.17) is 17.3 Å². The van der Waals surface area contributed by atoms with Crippen molar-refractivity contribution < 1.29 is 4.79 Å². The topological polar surface area (TPSA) is 46.3 Å². The Morgan fingerprint density at radius 3 is 2.43 bits per heavy atom. The number of hydrogen-bond acceptors (Lipinski definition) is 2. The maximum absolute atomic E-state index is 12.4. The molecule has 0 saturated carbocycles. The lowest BCUT2D eigenvalue weighted by Crippen LogP contribution is -2.31. The maximum atomic E-state index is 12.4. The van der Waals surface area contributed by atoms with Gasteiger partial charge in [0.2, 0.25) is 5.91 Å². The lowest BCUT2D eigenvalue weighted by atomic mass is 10.1. The van der Waals surface area contributed by atoms with Crippen LogP contribution in [0.15, 0.2) is 48.5 Å². The molecule has 2 N–H and O–H groups in total. The van der Waals surface area contributed by atoms with Crippen molar-refractivity contribution in [3.8, 4) is 0 Å². The first-order valence-corrected chi connectivity index (χ1v) is 7.33. The molecular formula is C17H19ClN2O. The summed E-state index contributed by atoms with van der Waals surface area (Å²) in [5, 5.41) is 0.634. The van der Waals surface area contributed by atoms with E-state index in [9.17, 15) is 4.79 Å². The number of nitrogens with two attached hydrogens (primary N) is 1. The fourth-order valence-electron chi connectivity index (χ4n) is 2.14. The first kappa shape index (κ1) is 15.4. The molecule has 0 atom stereocenters. The molecule has 110 valence electrons. The number of halogens is 1. The number of carbonyl (C=O) groups excluding carboxylic acids is 1. The highest BCUT2D eigenvalue weighted by Crippen LogP contribution is 2.17. The third kappa shape index (κ3) is 4.23. The summed E-state index contributed by atoms with van der Waals surface area (Å²) in [6, 6.07) is 15.0. The van der Waals surface area contributed by atoms with Gasteiger partial charge in [-0.3, -0.25) is 4.79 Å². The molecule has 4 heteroatoms. The minimum Gasteiger partial charge on any atom is -0.399 e. The number of anilines is 1. The second kappa shape index (κ2) is 7.14. The van der Waals surface area contributed by atoms with Crippen LogP contribution in [0.5, 0.6) is 0 Å². The summed E-state index contributed by atoms with van der Waals surface area (Å²) >= 11 is 6.11. The summed E-state index contributed by atoms with van der Waals surface area (Å²) in [7, 11) is 0. The number of benzene rings is 2. The molecule has 2 aromatic rings. The van der Waals surface area contributed by atoms with Gasteiger partial charge < -0.3 is 10.6 Å². The Balaban J connectivity index is 2.05. The van der Waals surface area contributed by atoms with Gasteiger partial charge in [-0.2, -0.15) is 0 Å². The summed E-state index contributed by atoms with van der Waals surface area (Å²) in [4.78, 5) is 14.2. The average Bonchev–Trinajstić information content (AvgIpc) is 2.49. The summed E-state index contributed by atoms with van der Waals surface area (Å²) in [6.45, 7) is 3.22. The zero-order chi connectivity index (χ0) is 15.2. The van der Waals surface area contributed by atoms with Gasteiger partial charge in [0, 0.05) is 23.8 Å². The molecule has 0 aromatic heterocycles. The van der Waals surface area contributed by atoms with Crippen molar-refractivity contribution in [1.82, 2.24) is 4.90 Å². The van der Waals surface area contributed by atoms with E-state index in [0.717, 1.165) is 16.8 Å². The van der Waals surface area contributed by atoms with Gasteiger partial charge in [-0.05, 0) is 36.2 Å². The number of hydrogen-bond donors (Lipinski definition) is 1.